The minimum atomic E-state index is -6.00. The van der Waals surface area contributed by atoms with Crippen molar-refractivity contribution < 1.29 is 61.0 Å². The summed E-state index contributed by atoms with van der Waals surface area (Å²) in [6.07, 6.45) is 0.680. The fourth-order valence-corrected chi connectivity index (χ4v) is 0.541. The second-order valence-corrected chi connectivity index (χ2v) is 3.15. The third-order valence-corrected chi connectivity index (χ3v) is 1.01. The predicted octanol–water partition coefficient (Wildman–Crippen LogP) is 4.89. The van der Waals surface area contributed by atoms with Gasteiger partial charge in [0.25, 0.3) is 0 Å². The molecule has 0 heterocycles. The van der Waals surface area contributed by atoms with E-state index in [0.29, 0.717) is 11.8 Å². The Morgan fingerprint density at radius 2 is 0.800 bits per heavy atom. The van der Waals surface area contributed by atoms with E-state index in [1.54, 1.807) is 0 Å². The molecule has 1 rings (SSSR count). The molecular formula is C7H6B3F13KO-3. The van der Waals surface area contributed by atoms with Crippen molar-refractivity contribution in [3.63, 3.8) is 0 Å². The third-order valence-electron chi connectivity index (χ3n) is 1.01. The summed E-state index contributed by atoms with van der Waals surface area (Å²) in [5, 5.41) is 0. The van der Waals surface area contributed by atoms with Gasteiger partial charge < -0.3 is 51.8 Å². The maximum absolute atomic E-state index is 12.1. The monoisotopic (exact) mass is 425 g/mol. The van der Waals surface area contributed by atoms with Crippen molar-refractivity contribution in [2.75, 3.05) is 0 Å². The van der Waals surface area contributed by atoms with Crippen LogP contribution in [0.2, 0.25) is 0 Å². The maximum atomic E-state index is 12.1. The van der Waals surface area contributed by atoms with Gasteiger partial charge in [0.1, 0.15) is 12.1 Å². The van der Waals surface area contributed by atoms with Crippen LogP contribution < -0.4 is 0 Å². The minimum absolute atomic E-state index is 0. The zero-order valence-electron chi connectivity index (χ0n) is 10.9. The average Bonchev–Trinajstić information content (AvgIpc) is 2.23. The summed E-state index contributed by atoms with van der Waals surface area (Å²) in [6, 6.07) is 5.37. The molecule has 25 heavy (non-hydrogen) atoms. The molecule has 0 N–H and O–H groups in total. The molecule has 1 nitrogen and oxygen atoms in total. The SMILES string of the molecule is F[B-](F)(F)F.F[B-](F)(F)F.F[B-](F)(F)F.O=Cc1ccc(F)cc1.[KH]. The molecule has 0 aromatic heterocycles. The van der Waals surface area contributed by atoms with Gasteiger partial charge in [0.15, 0.2) is 0 Å². The number of aldehydes is 1. The van der Waals surface area contributed by atoms with Crippen molar-refractivity contribution in [3.8, 4) is 0 Å². The van der Waals surface area contributed by atoms with Crippen LogP contribution in [0.5, 0.6) is 0 Å². The molecule has 144 valence electrons. The van der Waals surface area contributed by atoms with Crippen LogP contribution in [0.4, 0.5) is 56.2 Å². The average molecular weight is 425 g/mol. The quantitative estimate of drug-likeness (QED) is 0.356. The van der Waals surface area contributed by atoms with Gasteiger partial charge in [-0.1, -0.05) is 0 Å². The predicted molar refractivity (Wildman–Crippen MR) is 69.5 cm³/mol. The number of hydrogen-bond acceptors (Lipinski definition) is 1. The molecule has 0 radical (unpaired) electrons. The van der Waals surface area contributed by atoms with Crippen molar-refractivity contribution in [1.82, 2.24) is 0 Å². The van der Waals surface area contributed by atoms with Gasteiger partial charge in [-0.25, -0.2) is 4.39 Å². The van der Waals surface area contributed by atoms with Crippen LogP contribution in [0.1, 0.15) is 10.4 Å². The molecule has 1 aromatic rings. The van der Waals surface area contributed by atoms with Gasteiger partial charge >= 0.3 is 73.1 Å². The molecule has 0 spiro atoms. The van der Waals surface area contributed by atoms with Crippen LogP contribution >= 0.6 is 0 Å². The van der Waals surface area contributed by atoms with Gasteiger partial charge in [-0.2, -0.15) is 0 Å². The molecule has 0 bridgehead atoms. The molecule has 0 aliphatic rings. The summed E-state index contributed by atoms with van der Waals surface area (Å²) in [4.78, 5) is 10.00. The van der Waals surface area contributed by atoms with E-state index < -0.39 is 21.8 Å². The van der Waals surface area contributed by atoms with Crippen LogP contribution in [-0.2, 0) is 0 Å². The summed E-state index contributed by atoms with van der Waals surface area (Å²) >= 11 is 0. The van der Waals surface area contributed by atoms with Crippen LogP contribution in [0.25, 0.3) is 0 Å². The first-order chi connectivity index (χ1) is 10.3. The molecule has 0 saturated heterocycles. The summed E-state index contributed by atoms with van der Waals surface area (Å²) in [6.45, 7) is 0. The zero-order valence-corrected chi connectivity index (χ0v) is 10.9. The Balaban J connectivity index is -0.000000122. The molecule has 0 atom stereocenters. The second-order valence-electron chi connectivity index (χ2n) is 3.15. The molecular weight excluding hydrogens is 419 g/mol. The Hall–Kier alpha value is -0.189. The summed E-state index contributed by atoms with van der Waals surface area (Å²) in [5.74, 6) is -0.319. The zero-order chi connectivity index (χ0) is 20.2. The summed E-state index contributed by atoms with van der Waals surface area (Å²) in [5.41, 5.74) is 0.497. The molecule has 0 aliphatic heterocycles. The molecule has 1 aromatic carbocycles. The van der Waals surface area contributed by atoms with E-state index in [1.165, 1.54) is 24.3 Å². The van der Waals surface area contributed by atoms with Crippen molar-refractivity contribution in [2.45, 2.75) is 0 Å². The number of hydrogen-bond donors (Lipinski definition) is 0. The van der Waals surface area contributed by atoms with Crippen molar-refractivity contribution in [2.24, 2.45) is 0 Å². The van der Waals surface area contributed by atoms with Gasteiger partial charge in [0, 0.05) is 5.56 Å². The van der Waals surface area contributed by atoms with Crippen molar-refractivity contribution >= 4 is 79.4 Å². The molecule has 0 amide bonds. The molecule has 0 unspecified atom stereocenters. The van der Waals surface area contributed by atoms with E-state index in [4.69, 9.17) is 0 Å². The van der Waals surface area contributed by atoms with Crippen LogP contribution in [-0.4, -0.2) is 79.4 Å². The number of carbonyl (C=O) groups is 1. The standard InChI is InChI=1S/C7H5FO.3BF4.K.H/c8-7-3-1-6(5-9)2-4-7;3*2-1(3,4)5;;/h1-5H;;;;;/q;3*-1;;. The van der Waals surface area contributed by atoms with E-state index >= 15 is 0 Å². The first-order valence-electron chi connectivity index (χ1n) is 5.15. The van der Waals surface area contributed by atoms with Crippen LogP contribution in [0, 0.1) is 5.82 Å². The number of benzene rings is 1. The van der Waals surface area contributed by atoms with Crippen LogP contribution in [0.15, 0.2) is 24.3 Å². The fourth-order valence-electron chi connectivity index (χ4n) is 0.541. The van der Waals surface area contributed by atoms with E-state index in [0.717, 1.165) is 0 Å². The Morgan fingerprint density at radius 1 is 0.600 bits per heavy atom. The van der Waals surface area contributed by atoms with Gasteiger partial charge in [0.2, 0.25) is 0 Å². The van der Waals surface area contributed by atoms with E-state index in [-0.39, 0.29) is 57.2 Å². The Kier molecular flexibility index (Phi) is 19.4. The van der Waals surface area contributed by atoms with E-state index in [9.17, 15) is 61.0 Å². The normalized spacial score (nSPS) is 10.4. The second kappa shape index (κ2) is 14.9. The first kappa shape index (κ1) is 32.5. The third kappa shape index (κ3) is 81.2. The molecule has 18 heteroatoms. The van der Waals surface area contributed by atoms with E-state index in [2.05, 4.69) is 0 Å². The van der Waals surface area contributed by atoms with Gasteiger partial charge in [-0.15, -0.1) is 0 Å². The Bertz CT molecular complexity index is 396. The van der Waals surface area contributed by atoms with Gasteiger partial charge in [-0.05, 0) is 24.3 Å². The number of rotatable bonds is 1. The fraction of sp³-hybridized carbons (Fsp3) is 0. The Morgan fingerprint density at radius 3 is 0.960 bits per heavy atom. The van der Waals surface area contributed by atoms with Gasteiger partial charge in [-0.3, -0.25) is 4.79 Å². The summed E-state index contributed by atoms with van der Waals surface area (Å²) < 4.78 is 129. The first-order valence-corrected chi connectivity index (χ1v) is 5.15. The molecule has 0 saturated carbocycles. The molecule has 0 fully saturated rings. The van der Waals surface area contributed by atoms with Crippen molar-refractivity contribution in [3.05, 3.63) is 35.6 Å². The van der Waals surface area contributed by atoms with Gasteiger partial charge in [0.05, 0.1) is 0 Å². The van der Waals surface area contributed by atoms with Crippen LogP contribution in [0.3, 0.4) is 0 Å². The topological polar surface area (TPSA) is 17.1 Å². The molecule has 0 aliphatic carbocycles. The Labute approximate surface area is 175 Å². The van der Waals surface area contributed by atoms with Crippen molar-refractivity contribution in [1.29, 1.82) is 0 Å². The summed E-state index contributed by atoms with van der Waals surface area (Å²) in [7, 11) is -18.0. The number of halogens is 13. The van der Waals surface area contributed by atoms with E-state index in [1.807, 2.05) is 0 Å². The number of carbonyl (C=O) groups excluding carboxylic acids is 1.